The lowest BCUT2D eigenvalue weighted by Crippen LogP contribution is -2.25. The Morgan fingerprint density at radius 3 is 2.55 bits per heavy atom. The number of hydrogen-bond acceptors (Lipinski definition) is 4. The van der Waals surface area contributed by atoms with Crippen LogP contribution in [0.4, 0.5) is 0 Å². The normalized spacial score (nSPS) is 13.1. The first-order valence-electron chi connectivity index (χ1n) is 6.59. The van der Waals surface area contributed by atoms with Crippen molar-refractivity contribution in [1.29, 1.82) is 0 Å². The maximum atomic E-state index is 11.6. The molecule has 0 aliphatic rings. The molecule has 0 amide bonds. The zero-order valence-electron chi connectivity index (χ0n) is 11.7. The zero-order valence-corrected chi connectivity index (χ0v) is 11.7. The Labute approximate surface area is 118 Å². The van der Waals surface area contributed by atoms with Gasteiger partial charge < -0.3 is 9.47 Å². The Hall–Kier alpha value is -2.04. The third-order valence-corrected chi connectivity index (χ3v) is 2.72. The van der Waals surface area contributed by atoms with Crippen LogP contribution in [0.3, 0.4) is 0 Å². The average Bonchev–Trinajstić information content (AvgIpc) is 2.45. The van der Waals surface area contributed by atoms with E-state index in [1.54, 1.807) is 6.92 Å². The van der Waals surface area contributed by atoms with Gasteiger partial charge in [0.25, 0.3) is 0 Å². The Morgan fingerprint density at radius 2 is 2.00 bits per heavy atom. The van der Waals surface area contributed by atoms with Gasteiger partial charge in [-0.2, -0.15) is 0 Å². The van der Waals surface area contributed by atoms with Gasteiger partial charge in [0.2, 0.25) is 0 Å². The van der Waals surface area contributed by atoms with E-state index < -0.39 is 12.1 Å². The van der Waals surface area contributed by atoms with Crippen LogP contribution in [0.25, 0.3) is 10.4 Å². The van der Waals surface area contributed by atoms with Gasteiger partial charge in [0.05, 0.1) is 25.2 Å². The lowest BCUT2D eigenvalue weighted by atomic mass is 10.00. The topological polar surface area (TPSA) is 84.3 Å². The minimum absolute atomic E-state index is 0.0558. The number of benzene rings is 1. The van der Waals surface area contributed by atoms with Crippen molar-refractivity contribution in [3.63, 3.8) is 0 Å². The number of esters is 1. The lowest BCUT2D eigenvalue weighted by molar-refractivity contribution is -0.146. The fourth-order valence-electron chi connectivity index (χ4n) is 1.92. The molecule has 6 heteroatoms. The van der Waals surface area contributed by atoms with Gasteiger partial charge in [0.15, 0.2) is 0 Å². The number of rotatable bonds is 8. The van der Waals surface area contributed by atoms with E-state index in [-0.39, 0.29) is 12.4 Å². The molecule has 108 valence electrons. The number of ether oxygens (including phenoxy) is 2. The molecule has 0 aliphatic heterocycles. The molecule has 0 aromatic heterocycles. The van der Waals surface area contributed by atoms with Crippen LogP contribution in [0, 0.1) is 0 Å². The summed E-state index contributed by atoms with van der Waals surface area (Å²) in [7, 11) is 0. The van der Waals surface area contributed by atoms with Crippen LogP contribution in [0.5, 0.6) is 0 Å². The van der Waals surface area contributed by atoms with Crippen LogP contribution in [-0.2, 0) is 14.3 Å². The SMILES string of the molecule is CCOC(=O)C[C@@H](OCC)[C@@H](N=[N+]=[N-])c1ccccc1. The molecule has 1 rings (SSSR count). The van der Waals surface area contributed by atoms with Crippen molar-refractivity contribution in [1.82, 2.24) is 0 Å². The summed E-state index contributed by atoms with van der Waals surface area (Å²) in [5.41, 5.74) is 9.55. The van der Waals surface area contributed by atoms with E-state index in [1.165, 1.54) is 0 Å². The van der Waals surface area contributed by atoms with E-state index in [4.69, 9.17) is 15.0 Å². The summed E-state index contributed by atoms with van der Waals surface area (Å²) in [6.45, 7) is 4.32. The van der Waals surface area contributed by atoms with Gasteiger partial charge in [-0.3, -0.25) is 4.79 Å². The first-order chi connectivity index (χ1) is 9.72. The standard InChI is InChI=1S/C14H19N3O3/c1-3-19-12(10-13(18)20-4-2)14(16-17-15)11-8-6-5-7-9-11/h5-9,12,14H,3-4,10H2,1-2H3/t12-,14+/m1/s1. The van der Waals surface area contributed by atoms with Crippen molar-refractivity contribution < 1.29 is 14.3 Å². The Kier molecular flexibility index (Phi) is 7.17. The summed E-state index contributed by atoms with van der Waals surface area (Å²) in [6.07, 6.45) is -0.474. The second kappa shape index (κ2) is 8.96. The number of carbonyl (C=O) groups is 1. The molecule has 0 spiro atoms. The predicted octanol–water partition coefficient (Wildman–Crippen LogP) is 3.40. The largest absolute Gasteiger partial charge is 0.466 e. The van der Waals surface area contributed by atoms with Gasteiger partial charge >= 0.3 is 5.97 Å². The molecule has 2 atom stereocenters. The molecule has 6 nitrogen and oxygen atoms in total. The number of carbonyl (C=O) groups excluding carboxylic acids is 1. The predicted molar refractivity (Wildman–Crippen MR) is 75.0 cm³/mol. The molecule has 1 aromatic carbocycles. The van der Waals surface area contributed by atoms with E-state index in [2.05, 4.69) is 10.0 Å². The van der Waals surface area contributed by atoms with Crippen LogP contribution in [-0.4, -0.2) is 25.3 Å². The summed E-state index contributed by atoms with van der Waals surface area (Å²) in [6, 6.07) is 8.71. The van der Waals surface area contributed by atoms with Gasteiger partial charge in [-0.1, -0.05) is 35.4 Å². The third-order valence-electron chi connectivity index (χ3n) is 2.72. The van der Waals surface area contributed by atoms with E-state index in [9.17, 15) is 4.79 Å². The molecule has 0 radical (unpaired) electrons. The van der Waals surface area contributed by atoms with Crippen molar-refractivity contribution in [3.8, 4) is 0 Å². The molecular formula is C14H19N3O3. The molecule has 0 N–H and O–H groups in total. The first-order valence-corrected chi connectivity index (χ1v) is 6.59. The van der Waals surface area contributed by atoms with Crippen LogP contribution in [0.1, 0.15) is 31.9 Å². The Bertz CT molecular complexity index is 458. The van der Waals surface area contributed by atoms with Crippen LogP contribution in [0.15, 0.2) is 35.4 Å². The summed E-state index contributed by atoms with van der Waals surface area (Å²) < 4.78 is 10.5. The molecule has 0 heterocycles. The number of azide groups is 1. The van der Waals surface area contributed by atoms with Gasteiger partial charge in [0.1, 0.15) is 0 Å². The highest BCUT2D eigenvalue weighted by molar-refractivity contribution is 5.70. The van der Waals surface area contributed by atoms with E-state index in [0.717, 1.165) is 5.56 Å². The van der Waals surface area contributed by atoms with Crippen molar-refractivity contribution in [2.24, 2.45) is 5.11 Å². The van der Waals surface area contributed by atoms with E-state index >= 15 is 0 Å². The highest BCUT2D eigenvalue weighted by Gasteiger charge is 2.25. The number of nitrogens with zero attached hydrogens (tertiary/aromatic N) is 3. The monoisotopic (exact) mass is 277 g/mol. The third kappa shape index (κ3) is 4.91. The second-order valence-corrected chi connectivity index (χ2v) is 4.06. The minimum Gasteiger partial charge on any atom is -0.466 e. The van der Waals surface area contributed by atoms with Crippen molar-refractivity contribution >= 4 is 5.97 Å². The average molecular weight is 277 g/mol. The molecule has 1 aromatic rings. The van der Waals surface area contributed by atoms with Crippen molar-refractivity contribution in [2.75, 3.05) is 13.2 Å². The zero-order chi connectivity index (χ0) is 14.8. The molecule has 0 saturated carbocycles. The summed E-state index contributed by atoms with van der Waals surface area (Å²) in [5, 5.41) is 3.77. The molecule has 0 fully saturated rings. The Balaban J connectivity index is 2.94. The second-order valence-electron chi connectivity index (χ2n) is 4.06. The lowest BCUT2D eigenvalue weighted by Gasteiger charge is -2.23. The van der Waals surface area contributed by atoms with E-state index in [0.29, 0.717) is 13.2 Å². The fraction of sp³-hybridized carbons (Fsp3) is 0.500. The minimum atomic E-state index is -0.550. The van der Waals surface area contributed by atoms with Gasteiger partial charge in [-0.05, 0) is 24.9 Å². The van der Waals surface area contributed by atoms with Gasteiger partial charge in [-0.15, -0.1) is 0 Å². The molecule has 0 unspecified atom stereocenters. The van der Waals surface area contributed by atoms with Gasteiger partial charge in [-0.25, -0.2) is 0 Å². The number of hydrogen-bond donors (Lipinski definition) is 0. The smallest absolute Gasteiger partial charge is 0.308 e. The van der Waals surface area contributed by atoms with Crippen LogP contribution >= 0.6 is 0 Å². The van der Waals surface area contributed by atoms with Crippen molar-refractivity contribution in [2.45, 2.75) is 32.4 Å². The van der Waals surface area contributed by atoms with Crippen molar-refractivity contribution in [3.05, 3.63) is 46.3 Å². The maximum Gasteiger partial charge on any atom is 0.308 e. The van der Waals surface area contributed by atoms with Crippen LogP contribution < -0.4 is 0 Å². The molecule has 0 bridgehead atoms. The molecule has 0 aliphatic carbocycles. The summed E-state index contributed by atoms with van der Waals surface area (Å²) in [4.78, 5) is 14.5. The highest BCUT2D eigenvalue weighted by atomic mass is 16.5. The summed E-state index contributed by atoms with van der Waals surface area (Å²) >= 11 is 0. The molecular weight excluding hydrogens is 258 g/mol. The maximum absolute atomic E-state index is 11.6. The van der Waals surface area contributed by atoms with Crippen LogP contribution in [0.2, 0.25) is 0 Å². The van der Waals surface area contributed by atoms with Gasteiger partial charge in [0, 0.05) is 11.5 Å². The molecule has 20 heavy (non-hydrogen) atoms. The first kappa shape index (κ1) is 16.0. The quantitative estimate of drug-likeness (QED) is 0.316. The van der Waals surface area contributed by atoms with E-state index in [1.807, 2.05) is 37.3 Å². The molecule has 0 saturated heterocycles. The highest BCUT2D eigenvalue weighted by Crippen LogP contribution is 2.26. The summed E-state index contributed by atoms with van der Waals surface area (Å²) in [5.74, 6) is -0.361. The Morgan fingerprint density at radius 1 is 1.30 bits per heavy atom. The fourth-order valence-corrected chi connectivity index (χ4v) is 1.92.